The normalized spacial score (nSPS) is 18.5. The highest BCUT2D eigenvalue weighted by atomic mass is 35.5. The van der Waals surface area contributed by atoms with E-state index in [0.717, 1.165) is 22.3 Å². The predicted molar refractivity (Wildman–Crippen MR) is 111 cm³/mol. The Morgan fingerprint density at radius 2 is 1.57 bits per heavy atom. The number of rotatable bonds is 2. The number of pyridine rings is 1. The minimum Gasteiger partial charge on any atom is -0.510 e. The molecule has 0 aliphatic heterocycles. The van der Waals surface area contributed by atoms with Crippen molar-refractivity contribution < 1.29 is 14.7 Å². The summed E-state index contributed by atoms with van der Waals surface area (Å²) in [5.74, 6) is -0.814. The van der Waals surface area contributed by atoms with Crippen LogP contribution in [0.5, 0.6) is 0 Å². The molecule has 0 fully saturated rings. The first-order chi connectivity index (χ1) is 12.9. The van der Waals surface area contributed by atoms with Crippen molar-refractivity contribution in [1.29, 1.82) is 0 Å². The number of halogens is 1. The summed E-state index contributed by atoms with van der Waals surface area (Å²) in [5.41, 5.74) is 2.07. The van der Waals surface area contributed by atoms with Gasteiger partial charge < -0.3 is 5.11 Å². The van der Waals surface area contributed by atoms with Gasteiger partial charge in [0.05, 0.1) is 16.4 Å². The second kappa shape index (κ2) is 6.56. The van der Waals surface area contributed by atoms with Crippen molar-refractivity contribution in [3.63, 3.8) is 0 Å². The van der Waals surface area contributed by atoms with E-state index in [1.807, 2.05) is 32.0 Å². The van der Waals surface area contributed by atoms with Crippen molar-refractivity contribution in [3.05, 3.63) is 58.1 Å². The molecule has 0 radical (unpaired) electrons. The molecule has 1 aromatic heterocycles. The Labute approximate surface area is 170 Å². The summed E-state index contributed by atoms with van der Waals surface area (Å²) >= 11 is 5.97. The standard InChI is InChI=1S/C23H24ClNO3/c1-12-7-8-14(16-11-25-17(24)9-13(16)2)10-15(12)18-19(26)22(3,4)21(28)23(5,6)20(18)27/h7-11,26H,1-6H3. The summed E-state index contributed by atoms with van der Waals surface area (Å²) in [6.07, 6.45) is 1.69. The number of aromatic nitrogens is 1. The molecular formula is C23H24ClNO3. The molecule has 2 aromatic rings. The fraction of sp³-hybridized carbons (Fsp3) is 0.348. The van der Waals surface area contributed by atoms with Crippen molar-refractivity contribution in [2.24, 2.45) is 10.8 Å². The number of nitrogens with zero attached hydrogens (tertiary/aromatic N) is 1. The fourth-order valence-corrected chi connectivity index (χ4v) is 4.07. The van der Waals surface area contributed by atoms with Gasteiger partial charge in [-0.1, -0.05) is 23.7 Å². The van der Waals surface area contributed by atoms with E-state index in [-0.39, 0.29) is 22.9 Å². The molecule has 146 valence electrons. The Hall–Kier alpha value is -2.46. The third-order valence-corrected chi connectivity index (χ3v) is 5.86. The van der Waals surface area contributed by atoms with Crippen molar-refractivity contribution in [2.75, 3.05) is 0 Å². The highest BCUT2D eigenvalue weighted by molar-refractivity contribution is 6.34. The van der Waals surface area contributed by atoms with Crippen molar-refractivity contribution >= 4 is 28.7 Å². The molecule has 0 unspecified atom stereocenters. The molecule has 0 amide bonds. The fourth-order valence-electron chi connectivity index (χ4n) is 3.86. The highest BCUT2D eigenvalue weighted by Crippen LogP contribution is 2.47. The van der Waals surface area contributed by atoms with Crippen LogP contribution in [0.1, 0.15) is 44.4 Å². The first kappa shape index (κ1) is 20.3. The van der Waals surface area contributed by atoms with Gasteiger partial charge in [0, 0.05) is 11.8 Å². The Morgan fingerprint density at radius 1 is 0.929 bits per heavy atom. The van der Waals surface area contributed by atoms with Gasteiger partial charge in [-0.3, -0.25) is 9.59 Å². The van der Waals surface area contributed by atoms with Gasteiger partial charge in [-0.2, -0.15) is 0 Å². The second-order valence-electron chi connectivity index (χ2n) is 8.48. The summed E-state index contributed by atoms with van der Waals surface area (Å²) in [4.78, 5) is 30.1. The zero-order chi connectivity index (χ0) is 21.0. The Bertz CT molecular complexity index is 1050. The number of allylic oxidation sites excluding steroid dienone is 2. The molecule has 4 nitrogen and oxygen atoms in total. The lowest BCUT2D eigenvalue weighted by Crippen LogP contribution is -2.48. The van der Waals surface area contributed by atoms with Gasteiger partial charge >= 0.3 is 0 Å². The van der Waals surface area contributed by atoms with E-state index in [2.05, 4.69) is 4.98 Å². The number of carbonyl (C=O) groups excluding carboxylic acids is 2. The van der Waals surface area contributed by atoms with Gasteiger partial charge in [-0.25, -0.2) is 4.98 Å². The average molecular weight is 398 g/mol. The summed E-state index contributed by atoms with van der Waals surface area (Å²) in [7, 11) is 0. The molecule has 1 aromatic carbocycles. The minimum absolute atomic E-state index is 0.173. The number of carbonyl (C=O) groups is 2. The summed E-state index contributed by atoms with van der Waals surface area (Å²) in [5, 5.41) is 11.3. The number of aliphatic hydroxyl groups is 1. The lowest BCUT2D eigenvalue weighted by molar-refractivity contribution is -0.143. The molecule has 0 atom stereocenters. The van der Waals surface area contributed by atoms with Crippen LogP contribution in [-0.4, -0.2) is 21.7 Å². The maximum absolute atomic E-state index is 13.2. The van der Waals surface area contributed by atoms with Crippen LogP contribution in [0, 0.1) is 24.7 Å². The summed E-state index contributed by atoms with van der Waals surface area (Å²) in [6.45, 7) is 10.4. The van der Waals surface area contributed by atoms with Gasteiger partial charge in [0.25, 0.3) is 0 Å². The molecule has 0 saturated carbocycles. The number of aryl methyl sites for hydroxylation is 2. The minimum atomic E-state index is -1.20. The van der Waals surface area contributed by atoms with Crippen LogP contribution in [0.2, 0.25) is 5.15 Å². The van der Waals surface area contributed by atoms with E-state index >= 15 is 0 Å². The van der Waals surface area contributed by atoms with E-state index in [1.54, 1.807) is 40.0 Å². The number of benzene rings is 1. The van der Waals surface area contributed by atoms with Gasteiger partial charge in [0.2, 0.25) is 0 Å². The highest BCUT2D eigenvalue weighted by Gasteiger charge is 2.53. The van der Waals surface area contributed by atoms with Crippen LogP contribution in [0.4, 0.5) is 0 Å². The lowest BCUT2D eigenvalue weighted by atomic mass is 9.62. The largest absolute Gasteiger partial charge is 0.510 e. The monoisotopic (exact) mass is 397 g/mol. The number of hydrogen-bond donors (Lipinski definition) is 1. The molecule has 5 heteroatoms. The molecular weight excluding hydrogens is 374 g/mol. The molecule has 0 spiro atoms. The second-order valence-corrected chi connectivity index (χ2v) is 8.87. The van der Waals surface area contributed by atoms with Gasteiger partial charge in [-0.15, -0.1) is 0 Å². The first-order valence-corrected chi connectivity index (χ1v) is 9.53. The smallest absolute Gasteiger partial charge is 0.179 e. The van der Waals surface area contributed by atoms with E-state index in [1.165, 1.54) is 0 Å². The zero-order valence-electron chi connectivity index (χ0n) is 17.0. The molecule has 28 heavy (non-hydrogen) atoms. The van der Waals surface area contributed by atoms with Crippen LogP contribution in [0.15, 0.2) is 36.2 Å². The molecule has 1 N–H and O–H groups in total. The zero-order valence-corrected chi connectivity index (χ0v) is 17.7. The van der Waals surface area contributed by atoms with Gasteiger partial charge in [0.1, 0.15) is 10.9 Å². The third-order valence-electron chi connectivity index (χ3n) is 5.65. The molecule has 3 rings (SSSR count). The van der Waals surface area contributed by atoms with E-state index in [0.29, 0.717) is 10.7 Å². The van der Waals surface area contributed by atoms with Crippen molar-refractivity contribution in [1.82, 2.24) is 4.98 Å². The third kappa shape index (κ3) is 2.96. The Balaban J connectivity index is 2.27. The number of Topliss-reactive ketones (excluding diaryl/α,β-unsaturated/α-hetero) is 2. The molecule has 1 aliphatic rings. The molecule has 0 saturated heterocycles. The van der Waals surface area contributed by atoms with Gasteiger partial charge in [-0.05, 0) is 75.9 Å². The number of aliphatic hydroxyl groups excluding tert-OH is 1. The number of ketones is 2. The maximum Gasteiger partial charge on any atom is 0.179 e. The Kier molecular flexibility index (Phi) is 4.75. The van der Waals surface area contributed by atoms with E-state index < -0.39 is 10.8 Å². The topological polar surface area (TPSA) is 67.3 Å². The quantitative estimate of drug-likeness (QED) is 0.537. The molecule has 1 aliphatic carbocycles. The molecule has 0 bridgehead atoms. The first-order valence-electron chi connectivity index (χ1n) is 9.16. The van der Waals surface area contributed by atoms with Gasteiger partial charge in [0.15, 0.2) is 11.6 Å². The van der Waals surface area contributed by atoms with E-state index in [4.69, 9.17) is 11.6 Å². The number of hydrogen-bond acceptors (Lipinski definition) is 4. The van der Waals surface area contributed by atoms with Crippen LogP contribution in [0.25, 0.3) is 16.7 Å². The van der Waals surface area contributed by atoms with Crippen LogP contribution in [-0.2, 0) is 9.59 Å². The van der Waals surface area contributed by atoms with Crippen LogP contribution < -0.4 is 0 Å². The van der Waals surface area contributed by atoms with Crippen molar-refractivity contribution in [2.45, 2.75) is 41.5 Å². The summed E-state index contributed by atoms with van der Waals surface area (Å²) < 4.78 is 0. The van der Waals surface area contributed by atoms with E-state index in [9.17, 15) is 14.7 Å². The predicted octanol–water partition coefficient (Wildman–Crippen LogP) is 5.49. The Morgan fingerprint density at radius 3 is 2.18 bits per heavy atom. The van der Waals surface area contributed by atoms with Crippen LogP contribution >= 0.6 is 11.6 Å². The summed E-state index contributed by atoms with van der Waals surface area (Å²) in [6, 6.07) is 7.51. The lowest BCUT2D eigenvalue weighted by Gasteiger charge is -2.38. The van der Waals surface area contributed by atoms with Crippen LogP contribution in [0.3, 0.4) is 0 Å². The molecule has 1 heterocycles. The maximum atomic E-state index is 13.2. The van der Waals surface area contributed by atoms with Crippen molar-refractivity contribution in [3.8, 4) is 11.1 Å². The SMILES string of the molecule is Cc1ccc(-c2cnc(Cl)cc2C)cc1C1=C(O)C(C)(C)C(=O)C(C)(C)C1=O. The average Bonchev–Trinajstić information content (AvgIpc) is 2.61.